The predicted octanol–water partition coefficient (Wildman–Crippen LogP) is 3.15. The molecule has 2 aromatic rings. The Labute approximate surface area is 197 Å². The standard InChI is InChI=1S/C24H25N7OS/c1-15-3-6-18(11-16(15)2)20-12-21-23-27-28-24(30(23)9-10-31(21)29-20)33-14-22(32)26-19-7-4-17(13-25)5-8-19/h3-11,20-21,23,27,29H,12,14H2,1-2H3,(H,26,32). The summed E-state index contributed by atoms with van der Waals surface area (Å²) in [5.41, 5.74) is 12.0. The number of hydrazone groups is 1. The summed E-state index contributed by atoms with van der Waals surface area (Å²) in [7, 11) is 0. The van der Waals surface area contributed by atoms with Gasteiger partial charge in [0.2, 0.25) is 5.91 Å². The zero-order chi connectivity index (χ0) is 22.9. The lowest BCUT2D eigenvalue weighted by molar-refractivity contribution is -0.113. The molecule has 1 amide bonds. The van der Waals surface area contributed by atoms with Crippen molar-refractivity contribution < 1.29 is 4.79 Å². The number of hydrogen-bond donors (Lipinski definition) is 3. The average molecular weight is 460 g/mol. The smallest absolute Gasteiger partial charge is 0.234 e. The van der Waals surface area contributed by atoms with E-state index in [4.69, 9.17) is 5.26 Å². The minimum atomic E-state index is -0.115. The Morgan fingerprint density at radius 2 is 2.03 bits per heavy atom. The van der Waals surface area contributed by atoms with Gasteiger partial charge >= 0.3 is 0 Å². The monoisotopic (exact) mass is 459 g/mol. The van der Waals surface area contributed by atoms with Crippen LogP contribution in [0.3, 0.4) is 0 Å². The van der Waals surface area contributed by atoms with E-state index in [2.05, 4.69) is 69.3 Å². The van der Waals surface area contributed by atoms with Gasteiger partial charge in [-0.1, -0.05) is 30.0 Å². The van der Waals surface area contributed by atoms with Crippen LogP contribution in [0.2, 0.25) is 0 Å². The van der Waals surface area contributed by atoms with Crippen molar-refractivity contribution in [1.82, 2.24) is 20.8 Å². The molecule has 0 spiro atoms. The summed E-state index contributed by atoms with van der Waals surface area (Å²) < 4.78 is 0. The summed E-state index contributed by atoms with van der Waals surface area (Å²) in [6, 6.07) is 16.0. The first-order chi connectivity index (χ1) is 16.0. The number of nitrogens with zero attached hydrogens (tertiary/aromatic N) is 4. The zero-order valence-electron chi connectivity index (χ0n) is 18.4. The van der Waals surface area contributed by atoms with E-state index < -0.39 is 0 Å². The molecule has 3 N–H and O–H groups in total. The summed E-state index contributed by atoms with van der Waals surface area (Å²) in [4.78, 5) is 14.5. The van der Waals surface area contributed by atoms with E-state index in [0.29, 0.717) is 11.3 Å². The van der Waals surface area contributed by atoms with E-state index in [1.54, 1.807) is 24.3 Å². The molecule has 168 valence electrons. The van der Waals surface area contributed by atoms with Crippen LogP contribution in [0, 0.1) is 25.2 Å². The van der Waals surface area contributed by atoms with Crippen LogP contribution in [-0.4, -0.2) is 38.9 Å². The normalized spacial score (nSPS) is 22.8. The first kappa shape index (κ1) is 21.4. The summed E-state index contributed by atoms with van der Waals surface area (Å²) in [6.07, 6.45) is 5.01. The number of anilines is 1. The van der Waals surface area contributed by atoms with Crippen LogP contribution in [0.15, 0.2) is 60.0 Å². The van der Waals surface area contributed by atoms with E-state index >= 15 is 0 Å². The Hall–Kier alpha value is -3.48. The Morgan fingerprint density at radius 1 is 1.21 bits per heavy atom. The lowest BCUT2D eigenvalue weighted by Gasteiger charge is -2.36. The van der Waals surface area contributed by atoms with Crippen molar-refractivity contribution in [2.24, 2.45) is 5.10 Å². The molecule has 0 saturated carbocycles. The number of benzene rings is 2. The van der Waals surface area contributed by atoms with Crippen molar-refractivity contribution in [3.05, 3.63) is 77.1 Å². The second-order valence-corrected chi connectivity index (χ2v) is 9.38. The van der Waals surface area contributed by atoms with Gasteiger partial charge in [0.15, 0.2) is 5.17 Å². The first-order valence-electron chi connectivity index (χ1n) is 10.9. The van der Waals surface area contributed by atoms with E-state index in [1.165, 1.54) is 28.5 Å². The fourth-order valence-corrected chi connectivity index (χ4v) is 5.08. The third kappa shape index (κ3) is 4.27. The highest BCUT2D eigenvalue weighted by Gasteiger charge is 2.44. The molecule has 3 aliphatic rings. The van der Waals surface area contributed by atoms with Crippen LogP contribution in [0.5, 0.6) is 0 Å². The fourth-order valence-electron chi connectivity index (χ4n) is 4.30. The predicted molar refractivity (Wildman–Crippen MR) is 130 cm³/mol. The summed E-state index contributed by atoms with van der Waals surface area (Å²) in [6.45, 7) is 4.28. The van der Waals surface area contributed by atoms with Gasteiger partial charge in [0.25, 0.3) is 0 Å². The number of amides is 1. The number of carbonyl (C=O) groups excluding carboxylic acids is 1. The van der Waals surface area contributed by atoms with Gasteiger partial charge in [-0.05, 0) is 61.2 Å². The number of aryl methyl sites for hydroxylation is 2. The first-order valence-corrected chi connectivity index (χ1v) is 11.8. The van der Waals surface area contributed by atoms with Gasteiger partial charge in [0.05, 0.1) is 29.5 Å². The largest absolute Gasteiger partial charge is 0.325 e. The van der Waals surface area contributed by atoms with Crippen LogP contribution in [-0.2, 0) is 4.79 Å². The van der Waals surface area contributed by atoms with Crippen LogP contribution in [0.25, 0.3) is 0 Å². The zero-order valence-corrected chi connectivity index (χ0v) is 19.3. The molecule has 3 atom stereocenters. The molecule has 9 heteroatoms. The van der Waals surface area contributed by atoms with E-state index in [0.717, 1.165) is 11.6 Å². The number of fused-ring (bicyclic) bond motifs is 3. The Morgan fingerprint density at radius 3 is 2.79 bits per heavy atom. The molecule has 0 bridgehead atoms. The molecule has 1 saturated heterocycles. The van der Waals surface area contributed by atoms with Gasteiger partial charge in [-0.15, -0.1) is 0 Å². The molecular formula is C24H25N7OS. The summed E-state index contributed by atoms with van der Waals surface area (Å²) in [5, 5.41) is 19.2. The maximum Gasteiger partial charge on any atom is 0.234 e. The van der Waals surface area contributed by atoms with Crippen LogP contribution < -0.4 is 16.2 Å². The van der Waals surface area contributed by atoms with Gasteiger partial charge in [-0.25, -0.2) is 5.43 Å². The molecule has 2 aromatic carbocycles. The van der Waals surface area contributed by atoms with Gasteiger partial charge in [-0.3, -0.25) is 10.2 Å². The molecule has 33 heavy (non-hydrogen) atoms. The number of hydrazine groups is 1. The van der Waals surface area contributed by atoms with Crippen molar-refractivity contribution >= 4 is 28.5 Å². The number of amidine groups is 1. The highest BCUT2D eigenvalue weighted by Crippen LogP contribution is 2.35. The highest BCUT2D eigenvalue weighted by atomic mass is 32.2. The molecule has 1 fully saturated rings. The molecule has 3 aliphatic heterocycles. The Bertz CT molecular complexity index is 1170. The molecule has 0 radical (unpaired) electrons. The van der Waals surface area contributed by atoms with Crippen molar-refractivity contribution in [1.29, 1.82) is 5.26 Å². The number of thioether (sulfide) groups is 1. The van der Waals surface area contributed by atoms with E-state index in [-0.39, 0.29) is 29.9 Å². The van der Waals surface area contributed by atoms with E-state index in [1.807, 2.05) is 12.4 Å². The van der Waals surface area contributed by atoms with Crippen molar-refractivity contribution in [2.45, 2.75) is 38.5 Å². The second kappa shape index (κ2) is 8.81. The molecule has 5 rings (SSSR count). The number of nitriles is 1. The Balaban J connectivity index is 1.18. The number of hydrogen-bond acceptors (Lipinski definition) is 8. The second-order valence-electron chi connectivity index (χ2n) is 8.44. The molecule has 0 aromatic heterocycles. The number of rotatable bonds is 4. The topological polar surface area (TPSA) is 95.8 Å². The van der Waals surface area contributed by atoms with Crippen molar-refractivity contribution in [3.8, 4) is 6.07 Å². The van der Waals surface area contributed by atoms with Gasteiger partial charge in [0, 0.05) is 18.1 Å². The van der Waals surface area contributed by atoms with Gasteiger partial charge in [0.1, 0.15) is 6.17 Å². The third-order valence-electron chi connectivity index (χ3n) is 6.27. The molecule has 3 heterocycles. The minimum Gasteiger partial charge on any atom is -0.325 e. The SMILES string of the molecule is Cc1ccc(C2CC3C4NN=C(SCC(=O)Nc5ccc(C#N)cc5)N4C=CN3N2)cc1C. The van der Waals surface area contributed by atoms with Crippen molar-refractivity contribution in [2.75, 3.05) is 11.1 Å². The Kier molecular flexibility index (Phi) is 5.70. The van der Waals surface area contributed by atoms with Gasteiger partial charge in [-0.2, -0.15) is 10.4 Å². The van der Waals surface area contributed by atoms with Crippen LogP contribution in [0.4, 0.5) is 5.69 Å². The number of carbonyl (C=O) groups is 1. The average Bonchev–Trinajstić information content (AvgIpc) is 3.44. The lowest BCUT2D eigenvalue weighted by atomic mass is 9.97. The minimum absolute atomic E-state index is 0.0168. The summed E-state index contributed by atoms with van der Waals surface area (Å²) >= 11 is 1.40. The molecular weight excluding hydrogens is 434 g/mol. The molecule has 8 nitrogen and oxygen atoms in total. The highest BCUT2D eigenvalue weighted by molar-refractivity contribution is 8.14. The molecule has 3 unspecified atom stereocenters. The van der Waals surface area contributed by atoms with Crippen LogP contribution in [0.1, 0.15) is 34.7 Å². The quantitative estimate of drug-likeness (QED) is 0.646. The third-order valence-corrected chi connectivity index (χ3v) is 7.24. The van der Waals surface area contributed by atoms with E-state index in [9.17, 15) is 4.79 Å². The van der Waals surface area contributed by atoms with Crippen LogP contribution >= 0.6 is 11.8 Å². The molecule has 0 aliphatic carbocycles. The lowest BCUT2D eigenvalue weighted by Crippen LogP contribution is -2.54. The summed E-state index contributed by atoms with van der Waals surface area (Å²) in [5.74, 6) is 0.131. The maximum absolute atomic E-state index is 12.4. The number of nitrogens with one attached hydrogen (secondary N) is 3. The van der Waals surface area contributed by atoms with Gasteiger partial charge < -0.3 is 15.2 Å². The maximum atomic E-state index is 12.4. The fraction of sp³-hybridized carbons (Fsp3) is 0.292. The van der Waals surface area contributed by atoms with Crippen molar-refractivity contribution in [3.63, 3.8) is 0 Å².